The third kappa shape index (κ3) is 2.92. The first-order chi connectivity index (χ1) is 11.6. The zero-order valence-corrected chi connectivity index (χ0v) is 14.9. The number of amides is 1. The van der Waals surface area contributed by atoms with Gasteiger partial charge in [-0.2, -0.15) is 0 Å². The van der Waals surface area contributed by atoms with Crippen molar-refractivity contribution in [2.45, 2.75) is 12.5 Å². The Kier molecular flexibility index (Phi) is 4.88. The lowest BCUT2D eigenvalue weighted by molar-refractivity contribution is 0.204. The molecule has 0 saturated heterocycles. The summed E-state index contributed by atoms with van der Waals surface area (Å²) in [4.78, 5) is 13.6. The largest absolute Gasteiger partial charge is 0.493 e. The summed E-state index contributed by atoms with van der Waals surface area (Å²) in [6, 6.07) is 11.0. The summed E-state index contributed by atoms with van der Waals surface area (Å²) in [7, 11) is 3.19. The molecule has 4 nitrogen and oxygen atoms in total. The number of hydrogen-bond donors (Lipinski definition) is 0. The third-order valence-electron chi connectivity index (χ3n) is 4.30. The molecule has 2 aromatic rings. The molecule has 1 heterocycles. The molecule has 1 atom stereocenters. The van der Waals surface area contributed by atoms with Crippen LogP contribution in [0.3, 0.4) is 0 Å². The lowest BCUT2D eigenvalue weighted by atomic mass is 9.88. The topological polar surface area (TPSA) is 38.8 Å². The van der Waals surface area contributed by atoms with E-state index in [1.54, 1.807) is 19.1 Å². The van der Waals surface area contributed by atoms with Crippen LogP contribution in [0.15, 0.2) is 36.4 Å². The quantitative estimate of drug-likeness (QED) is 0.586. The van der Waals surface area contributed by atoms with Gasteiger partial charge in [0.2, 0.25) is 0 Å². The lowest BCUT2D eigenvalue weighted by Crippen LogP contribution is -2.38. The predicted molar refractivity (Wildman–Crippen MR) is 94.5 cm³/mol. The molecule has 0 aliphatic carbocycles. The zero-order valence-electron chi connectivity index (χ0n) is 13.4. The van der Waals surface area contributed by atoms with E-state index in [0.29, 0.717) is 29.5 Å². The van der Waals surface area contributed by atoms with E-state index < -0.39 is 5.37 Å². The van der Waals surface area contributed by atoms with Crippen molar-refractivity contribution >= 4 is 28.6 Å². The molecule has 1 aliphatic rings. The van der Waals surface area contributed by atoms with Gasteiger partial charge in [0.25, 0.3) is 0 Å². The van der Waals surface area contributed by atoms with Crippen LogP contribution in [-0.2, 0) is 6.42 Å². The molecule has 0 N–H and O–H groups in total. The van der Waals surface area contributed by atoms with E-state index in [1.807, 2.05) is 36.4 Å². The SMILES string of the molecule is COc1cc2c(cc1OC)C(c1ccccc1Cl)N(C(=O)Cl)CC2. The number of benzene rings is 2. The molecule has 0 saturated carbocycles. The van der Waals surface area contributed by atoms with Crippen LogP contribution in [0.25, 0.3) is 0 Å². The van der Waals surface area contributed by atoms with Crippen molar-refractivity contribution in [3.63, 3.8) is 0 Å². The number of hydrogen-bond acceptors (Lipinski definition) is 3. The van der Waals surface area contributed by atoms with E-state index in [1.165, 1.54) is 0 Å². The van der Waals surface area contributed by atoms with Gasteiger partial charge in [0.15, 0.2) is 11.5 Å². The van der Waals surface area contributed by atoms with Gasteiger partial charge in [0.05, 0.1) is 20.3 Å². The fourth-order valence-corrected chi connectivity index (χ4v) is 3.59. The number of halogens is 2. The molecule has 2 aromatic carbocycles. The minimum atomic E-state index is -0.500. The van der Waals surface area contributed by atoms with Gasteiger partial charge < -0.3 is 14.4 Å². The van der Waals surface area contributed by atoms with E-state index in [9.17, 15) is 4.79 Å². The fraction of sp³-hybridized carbons (Fsp3) is 0.278. The van der Waals surface area contributed by atoms with Crippen molar-refractivity contribution in [3.05, 3.63) is 58.1 Å². The first-order valence-corrected chi connectivity index (χ1v) is 8.27. The maximum atomic E-state index is 12.0. The number of methoxy groups -OCH3 is 2. The van der Waals surface area contributed by atoms with E-state index in [2.05, 4.69) is 0 Å². The minimum absolute atomic E-state index is 0.354. The Morgan fingerprint density at radius 3 is 2.42 bits per heavy atom. The van der Waals surface area contributed by atoms with Crippen molar-refractivity contribution < 1.29 is 14.3 Å². The van der Waals surface area contributed by atoms with Gasteiger partial charge in [-0.05, 0) is 52.9 Å². The van der Waals surface area contributed by atoms with Crippen molar-refractivity contribution in [3.8, 4) is 11.5 Å². The monoisotopic (exact) mass is 365 g/mol. The Bertz CT molecular complexity index is 779. The second-order valence-corrected chi connectivity index (χ2v) is 6.26. The third-order valence-corrected chi connectivity index (χ3v) is 4.86. The van der Waals surface area contributed by atoms with E-state index >= 15 is 0 Å². The Morgan fingerprint density at radius 2 is 1.79 bits per heavy atom. The highest BCUT2D eigenvalue weighted by Crippen LogP contribution is 2.42. The molecule has 1 amide bonds. The molecular weight excluding hydrogens is 349 g/mol. The average molecular weight is 366 g/mol. The van der Waals surface area contributed by atoms with Crippen LogP contribution in [0.5, 0.6) is 11.5 Å². The smallest absolute Gasteiger partial charge is 0.317 e. The number of rotatable bonds is 3. The Morgan fingerprint density at radius 1 is 1.12 bits per heavy atom. The minimum Gasteiger partial charge on any atom is -0.493 e. The Labute approximate surface area is 150 Å². The van der Waals surface area contributed by atoms with Crippen molar-refractivity contribution in [2.24, 2.45) is 0 Å². The van der Waals surface area contributed by atoms with Gasteiger partial charge in [-0.15, -0.1) is 0 Å². The summed E-state index contributed by atoms with van der Waals surface area (Å²) >= 11 is 12.2. The summed E-state index contributed by atoms with van der Waals surface area (Å²) < 4.78 is 10.8. The van der Waals surface area contributed by atoms with Gasteiger partial charge in [-0.1, -0.05) is 29.8 Å². The maximum Gasteiger partial charge on any atom is 0.317 e. The maximum absolute atomic E-state index is 12.0. The molecule has 0 bridgehead atoms. The van der Waals surface area contributed by atoms with Crippen LogP contribution in [0.4, 0.5) is 4.79 Å². The Balaban J connectivity index is 2.21. The highest BCUT2D eigenvalue weighted by Gasteiger charge is 2.33. The number of carbonyl (C=O) groups is 1. The van der Waals surface area contributed by atoms with Crippen LogP contribution in [0.2, 0.25) is 5.02 Å². The number of ether oxygens (including phenoxy) is 2. The molecule has 0 spiro atoms. The molecule has 3 rings (SSSR count). The van der Waals surface area contributed by atoms with Crippen LogP contribution >= 0.6 is 23.2 Å². The second kappa shape index (κ2) is 6.91. The molecule has 6 heteroatoms. The second-order valence-electron chi connectivity index (χ2n) is 5.53. The summed E-state index contributed by atoms with van der Waals surface area (Å²) in [6.45, 7) is 0.515. The van der Waals surface area contributed by atoms with E-state index in [-0.39, 0.29) is 6.04 Å². The van der Waals surface area contributed by atoms with Crippen LogP contribution in [0.1, 0.15) is 22.7 Å². The van der Waals surface area contributed by atoms with Crippen LogP contribution in [0, 0.1) is 0 Å². The summed E-state index contributed by atoms with van der Waals surface area (Å²) in [5, 5.41) is 0.0911. The van der Waals surface area contributed by atoms with Crippen molar-refractivity contribution in [1.29, 1.82) is 0 Å². The first-order valence-electron chi connectivity index (χ1n) is 7.52. The number of fused-ring (bicyclic) bond motifs is 1. The summed E-state index contributed by atoms with van der Waals surface area (Å²) in [5.41, 5.74) is 2.87. The molecule has 126 valence electrons. The lowest BCUT2D eigenvalue weighted by Gasteiger charge is -2.37. The first kappa shape index (κ1) is 16.9. The fourth-order valence-electron chi connectivity index (χ4n) is 3.17. The van der Waals surface area contributed by atoms with Gasteiger partial charge >= 0.3 is 5.37 Å². The highest BCUT2D eigenvalue weighted by atomic mass is 35.5. The summed E-state index contributed by atoms with van der Waals surface area (Å²) in [5.74, 6) is 1.27. The van der Waals surface area contributed by atoms with Crippen molar-refractivity contribution in [2.75, 3.05) is 20.8 Å². The molecule has 0 aromatic heterocycles. The van der Waals surface area contributed by atoms with E-state index in [4.69, 9.17) is 32.7 Å². The normalized spacial score (nSPS) is 16.5. The molecule has 0 fully saturated rings. The molecule has 24 heavy (non-hydrogen) atoms. The van der Waals surface area contributed by atoms with Crippen molar-refractivity contribution in [1.82, 2.24) is 4.90 Å². The predicted octanol–water partition coefficient (Wildman–Crippen LogP) is 4.66. The van der Waals surface area contributed by atoms with Gasteiger partial charge in [0.1, 0.15) is 0 Å². The average Bonchev–Trinajstić information content (AvgIpc) is 2.59. The van der Waals surface area contributed by atoms with Crippen LogP contribution in [-0.4, -0.2) is 31.0 Å². The number of carbonyl (C=O) groups excluding carboxylic acids is 1. The standard InChI is InChI=1S/C18H17Cl2NO3/c1-23-15-9-11-7-8-21(18(20)22)17(13(11)10-16(15)24-2)12-5-3-4-6-14(12)19/h3-6,9-10,17H,7-8H2,1-2H3. The van der Waals surface area contributed by atoms with Gasteiger partial charge in [0, 0.05) is 11.6 Å². The summed E-state index contributed by atoms with van der Waals surface area (Å²) in [6.07, 6.45) is 0.690. The highest BCUT2D eigenvalue weighted by molar-refractivity contribution is 6.62. The number of nitrogens with zero attached hydrogens (tertiary/aromatic N) is 1. The molecular formula is C18H17Cl2NO3. The van der Waals surface area contributed by atoms with Gasteiger partial charge in [-0.3, -0.25) is 4.79 Å². The Hall–Kier alpha value is -1.91. The molecule has 1 aliphatic heterocycles. The molecule has 1 unspecified atom stereocenters. The van der Waals surface area contributed by atoms with Crippen LogP contribution < -0.4 is 9.47 Å². The molecule has 0 radical (unpaired) electrons. The van der Waals surface area contributed by atoms with E-state index in [0.717, 1.165) is 16.7 Å². The zero-order chi connectivity index (χ0) is 17.3. The van der Waals surface area contributed by atoms with Gasteiger partial charge in [-0.25, -0.2) is 0 Å².